The maximum Gasteiger partial charge on any atom is 0.404 e. The SMILES string of the molecule is CCCCS[Si](Cl)(Cl)Cl. The van der Waals surface area contributed by atoms with Crippen LogP contribution in [0.5, 0.6) is 0 Å². The molecular formula is C4H9Cl3SSi. The molecule has 0 aromatic rings. The molecule has 0 aliphatic carbocycles. The Morgan fingerprint density at radius 1 is 1.33 bits per heavy atom. The predicted molar refractivity (Wildman–Crippen MR) is 50.7 cm³/mol. The van der Waals surface area contributed by atoms with Crippen LogP contribution in [0.25, 0.3) is 0 Å². The van der Waals surface area contributed by atoms with Crippen LogP contribution in [0.1, 0.15) is 19.8 Å². The second-order valence-corrected chi connectivity index (χ2v) is 14.8. The number of hydrogen-bond acceptors (Lipinski definition) is 1. The van der Waals surface area contributed by atoms with Crippen molar-refractivity contribution >= 4 is 49.6 Å². The zero-order chi connectivity index (χ0) is 7.33. The largest absolute Gasteiger partial charge is 0.404 e. The Hall–Kier alpha value is 1.44. The van der Waals surface area contributed by atoms with Crippen LogP contribution < -0.4 is 0 Å². The Morgan fingerprint density at radius 2 is 1.89 bits per heavy atom. The van der Waals surface area contributed by atoms with Gasteiger partial charge in [0.2, 0.25) is 0 Å². The summed E-state index contributed by atoms with van der Waals surface area (Å²) in [7, 11) is 0. The number of hydrogen-bond donors (Lipinski definition) is 0. The summed E-state index contributed by atoms with van der Waals surface area (Å²) < 4.78 is 0. The van der Waals surface area contributed by atoms with Crippen LogP contribution in [0.15, 0.2) is 0 Å². The molecule has 0 atom stereocenters. The molecule has 0 rings (SSSR count). The Morgan fingerprint density at radius 3 is 2.22 bits per heavy atom. The molecule has 0 heterocycles. The topological polar surface area (TPSA) is 0 Å². The van der Waals surface area contributed by atoms with E-state index in [1.807, 2.05) is 0 Å². The summed E-state index contributed by atoms with van der Waals surface area (Å²) in [6.45, 7) is 2.13. The van der Waals surface area contributed by atoms with Crippen LogP contribution >= 0.6 is 44.4 Å². The molecule has 56 valence electrons. The summed E-state index contributed by atoms with van der Waals surface area (Å²) >= 11 is 18.3. The molecule has 0 aromatic heterocycles. The molecule has 0 unspecified atom stereocenters. The third-order valence-corrected chi connectivity index (χ3v) is 6.12. The van der Waals surface area contributed by atoms with Gasteiger partial charge in [0.15, 0.2) is 0 Å². The fourth-order valence-electron chi connectivity index (χ4n) is 0.332. The summed E-state index contributed by atoms with van der Waals surface area (Å²) in [6, 6.07) is 0. The fraction of sp³-hybridized carbons (Fsp3) is 1.00. The van der Waals surface area contributed by atoms with E-state index in [0.29, 0.717) is 0 Å². The average Bonchev–Trinajstić information content (AvgIpc) is 1.63. The maximum absolute atomic E-state index is 5.60. The van der Waals surface area contributed by atoms with Crippen molar-refractivity contribution in [3.8, 4) is 0 Å². The molecule has 0 saturated heterocycles. The highest BCUT2D eigenvalue weighted by atomic mass is 35.9. The quantitative estimate of drug-likeness (QED) is 0.398. The van der Waals surface area contributed by atoms with Crippen molar-refractivity contribution in [1.29, 1.82) is 0 Å². The fourth-order valence-corrected chi connectivity index (χ4v) is 4.21. The molecule has 0 bridgehead atoms. The molecule has 0 saturated carbocycles. The van der Waals surface area contributed by atoms with E-state index >= 15 is 0 Å². The van der Waals surface area contributed by atoms with E-state index in [4.69, 9.17) is 33.2 Å². The van der Waals surface area contributed by atoms with Gasteiger partial charge in [0.25, 0.3) is 0 Å². The molecule has 0 aromatic carbocycles. The lowest BCUT2D eigenvalue weighted by molar-refractivity contribution is 0.898. The van der Waals surface area contributed by atoms with E-state index in [1.165, 1.54) is 17.6 Å². The normalized spacial score (nSPS) is 12.0. The second-order valence-electron chi connectivity index (χ2n) is 1.65. The van der Waals surface area contributed by atoms with E-state index in [-0.39, 0.29) is 0 Å². The first-order chi connectivity index (χ1) is 4.06. The van der Waals surface area contributed by atoms with Gasteiger partial charge in [0.05, 0.1) is 0 Å². The molecule has 0 aliphatic heterocycles. The van der Waals surface area contributed by atoms with Crippen LogP contribution in [0, 0.1) is 0 Å². The van der Waals surface area contributed by atoms with Gasteiger partial charge < -0.3 is 0 Å². The molecule has 0 N–H and O–H groups in total. The highest BCUT2D eigenvalue weighted by Crippen LogP contribution is 2.33. The molecule has 0 amide bonds. The summed E-state index contributed by atoms with van der Waals surface area (Å²) in [5.41, 5.74) is 0. The van der Waals surface area contributed by atoms with Gasteiger partial charge in [-0.2, -0.15) is 0 Å². The van der Waals surface area contributed by atoms with Crippen molar-refractivity contribution in [2.75, 3.05) is 5.75 Å². The van der Waals surface area contributed by atoms with Gasteiger partial charge >= 0.3 is 5.15 Å². The highest BCUT2D eigenvalue weighted by molar-refractivity contribution is 8.43. The van der Waals surface area contributed by atoms with Gasteiger partial charge in [0.1, 0.15) is 0 Å². The Bertz CT molecular complexity index is 72.7. The third-order valence-electron chi connectivity index (χ3n) is 0.764. The van der Waals surface area contributed by atoms with Crippen LogP contribution in [0.3, 0.4) is 0 Å². The molecule has 9 heavy (non-hydrogen) atoms. The van der Waals surface area contributed by atoms with Crippen molar-refractivity contribution in [2.24, 2.45) is 0 Å². The van der Waals surface area contributed by atoms with Crippen molar-refractivity contribution in [1.82, 2.24) is 0 Å². The van der Waals surface area contributed by atoms with Gasteiger partial charge in [0, 0.05) is 0 Å². The Balaban J connectivity index is 3.07. The van der Waals surface area contributed by atoms with Crippen LogP contribution in [-0.4, -0.2) is 10.9 Å². The molecule has 0 radical (unpaired) electrons. The Labute approximate surface area is 75.0 Å². The van der Waals surface area contributed by atoms with Crippen LogP contribution in [0.4, 0.5) is 0 Å². The lowest BCUT2D eigenvalue weighted by Crippen LogP contribution is -2.03. The summed E-state index contributed by atoms with van der Waals surface area (Å²) in [5.74, 6) is 0.985. The number of unbranched alkanes of at least 4 members (excludes halogenated alkanes) is 1. The molecule has 0 spiro atoms. The minimum atomic E-state index is -2.36. The van der Waals surface area contributed by atoms with E-state index in [2.05, 4.69) is 6.92 Å². The zero-order valence-corrected chi connectivity index (χ0v) is 9.25. The van der Waals surface area contributed by atoms with Crippen molar-refractivity contribution in [3.05, 3.63) is 0 Å². The van der Waals surface area contributed by atoms with Gasteiger partial charge in [-0.15, -0.1) is 44.4 Å². The van der Waals surface area contributed by atoms with Crippen molar-refractivity contribution < 1.29 is 0 Å². The lowest BCUT2D eigenvalue weighted by Gasteiger charge is -2.04. The van der Waals surface area contributed by atoms with Crippen LogP contribution in [-0.2, 0) is 0 Å². The minimum absolute atomic E-state index is 0.985. The van der Waals surface area contributed by atoms with Crippen molar-refractivity contribution in [2.45, 2.75) is 19.8 Å². The molecule has 0 nitrogen and oxygen atoms in total. The summed E-state index contributed by atoms with van der Waals surface area (Å²) in [4.78, 5) is 0. The van der Waals surface area contributed by atoms with E-state index < -0.39 is 5.15 Å². The van der Waals surface area contributed by atoms with Crippen molar-refractivity contribution in [3.63, 3.8) is 0 Å². The number of halogens is 3. The second kappa shape index (κ2) is 5.14. The first-order valence-electron chi connectivity index (χ1n) is 2.77. The van der Waals surface area contributed by atoms with Crippen LogP contribution in [0.2, 0.25) is 0 Å². The smallest absolute Gasteiger partial charge is 0.138 e. The van der Waals surface area contributed by atoms with Gasteiger partial charge in [-0.3, -0.25) is 0 Å². The highest BCUT2D eigenvalue weighted by Gasteiger charge is 2.24. The number of rotatable bonds is 4. The van der Waals surface area contributed by atoms with E-state index in [1.54, 1.807) is 0 Å². The molecular weight excluding hydrogens is 215 g/mol. The molecule has 0 fully saturated rings. The first kappa shape index (κ1) is 10.4. The maximum atomic E-state index is 5.60. The summed E-state index contributed by atoms with van der Waals surface area (Å²) in [6.07, 6.45) is 2.31. The van der Waals surface area contributed by atoms with Gasteiger partial charge in [-0.1, -0.05) is 13.3 Å². The first-order valence-corrected chi connectivity index (χ1v) is 9.51. The zero-order valence-electron chi connectivity index (χ0n) is 5.16. The summed E-state index contributed by atoms with van der Waals surface area (Å²) in [5, 5.41) is -2.36. The monoisotopic (exact) mass is 222 g/mol. The Kier molecular flexibility index (Phi) is 5.96. The predicted octanol–water partition coefficient (Wildman–Crippen LogP) is 3.67. The lowest BCUT2D eigenvalue weighted by atomic mass is 10.4. The minimum Gasteiger partial charge on any atom is -0.138 e. The van der Waals surface area contributed by atoms with E-state index in [9.17, 15) is 0 Å². The average molecular weight is 224 g/mol. The standard InChI is InChI=1S/C4H9Cl3SSi/c1-2-3-4-8-9(5,6)7/h2-4H2,1H3. The van der Waals surface area contributed by atoms with Gasteiger partial charge in [-0.25, -0.2) is 0 Å². The molecule has 5 heteroatoms. The van der Waals surface area contributed by atoms with E-state index in [0.717, 1.165) is 12.2 Å². The third kappa shape index (κ3) is 9.44. The molecule has 0 aliphatic rings. The van der Waals surface area contributed by atoms with Gasteiger partial charge in [-0.05, 0) is 12.2 Å².